The van der Waals surface area contributed by atoms with E-state index in [-0.39, 0.29) is 18.8 Å². The highest BCUT2D eigenvalue weighted by Crippen LogP contribution is 2.24. The van der Waals surface area contributed by atoms with Crippen LogP contribution in [0.15, 0.2) is 48.5 Å². The van der Waals surface area contributed by atoms with Crippen LogP contribution < -0.4 is 4.74 Å². The molecule has 2 rings (SSSR count). The lowest BCUT2D eigenvalue weighted by molar-refractivity contribution is 0.103. The molecule has 2 aromatic carbocycles. The van der Waals surface area contributed by atoms with E-state index < -0.39 is 12.3 Å². The largest absolute Gasteiger partial charge is 0.508 e. The van der Waals surface area contributed by atoms with E-state index in [1.54, 1.807) is 36.4 Å². The van der Waals surface area contributed by atoms with Crippen molar-refractivity contribution in [1.29, 1.82) is 0 Å². The van der Waals surface area contributed by atoms with Crippen molar-refractivity contribution in [3.05, 3.63) is 48.5 Å². The smallest absolute Gasteiger partial charge is 0.165 e. The number of ether oxygens (including phenoxy) is 1. The molecule has 0 aliphatic rings. The van der Waals surface area contributed by atoms with Crippen molar-refractivity contribution in [2.24, 2.45) is 0 Å². The normalized spacial score (nSPS) is 13.6. The summed E-state index contributed by atoms with van der Waals surface area (Å²) < 4.78 is 32.2. The zero-order chi connectivity index (χ0) is 15.9. The number of aromatic hydroxyl groups is 1. The lowest BCUT2D eigenvalue weighted by Gasteiger charge is -2.14. The first-order valence-corrected chi connectivity index (χ1v) is 7.40. The van der Waals surface area contributed by atoms with Gasteiger partial charge in [-0.1, -0.05) is 37.6 Å². The number of phenols is 1. The molecule has 2 atom stereocenters. The van der Waals surface area contributed by atoms with Gasteiger partial charge in [-0.05, 0) is 41.8 Å². The Bertz CT molecular complexity index is 567. The number of benzene rings is 2. The van der Waals surface area contributed by atoms with Crippen LogP contribution in [0.1, 0.15) is 19.8 Å². The van der Waals surface area contributed by atoms with E-state index in [2.05, 4.69) is 0 Å². The van der Waals surface area contributed by atoms with Gasteiger partial charge in [-0.15, -0.1) is 0 Å². The minimum atomic E-state index is -1.60. The van der Waals surface area contributed by atoms with E-state index in [1.807, 2.05) is 19.1 Å². The van der Waals surface area contributed by atoms with Crippen LogP contribution in [-0.4, -0.2) is 24.1 Å². The Kier molecular flexibility index (Phi) is 5.75. The quantitative estimate of drug-likeness (QED) is 0.787. The number of alkyl halides is 2. The van der Waals surface area contributed by atoms with Crippen LogP contribution in [0.4, 0.5) is 8.78 Å². The van der Waals surface area contributed by atoms with Crippen LogP contribution in [0.3, 0.4) is 0 Å². The van der Waals surface area contributed by atoms with Gasteiger partial charge in [0.1, 0.15) is 24.3 Å². The second-order valence-corrected chi connectivity index (χ2v) is 5.20. The van der Waals surface area contributed by atoms with Gasteiger partial charge in [-0.25, -0.2) is 8.78 Å². The van der Waals surface area contributed by atoms with Gasteiger partial charge >= 0.3 is 0 Å². The molecule has 0 fully saturated rings. The third kappa shape index (κ3) is 4.45. The Hall–Kier alpha value is -2.10. The fraction of sp³-hybridized carbons (Fsp3) is 0.333. The summed E-state index contributed by atoms with van der Waals surface area (Å²) in [7, 11) is 0. The average molecular weight is 306 g/mol. The van der Waals surface area contributed by atoms with Gasteiger partial charge in [0.15, 0.2) is 6.17 Å². The molecule has 0 unspecified atom stereocenters. The standard InChI is InChI=1S/C18H20F2O2/c1-2-3-17(19)18(20)12-22-16-10-6-14(7-11-16)13-4-8-15(21)9-5-13/h4-11,17-18,21H,2-3,12H2,1H3/t17-,18-/m0/s1. The fourth-order valence-corrected chi connectivity index (χ4v) is 2.13. The number of hydrogen-bond acceptors (Lipinski definition) is 2. The average Bonchev–Trinajstić information content (AvgIpc) is 2.54. The fourth-order valence-electron chi connectivity index (χ4n) is 2.13. The molecule has 118 valence electrons. The van der Waals surface area contributed by atoms with Crippen LogP contribution in [0.25, 0.3) is 11.1 Å². The Morgan fingerprint density at radius 2 is 1.45 bits per heavy atom. The zero-order valence-electron chi connectivity index (χ0n) is 12.5. The van der Waals surface area contributed by atoms with E-state index in [4.69, 9.17) is 4.74 Å². The summed E-state index contributed by atoms with van der Waals surface area (Å²) >= 11 is 0. The van der Waals surface area contributed by atoms with E-state index in [1.165, 1.54) is 0 Å². The molecule has 0 aliphatic heterocycles. The summed E-state index contributed by atoms with van der Waals surface area (Å²) in [6, 6.07) is 14.0. The Labute approximate surface area is 129 Å². The molecule has 0 spiro atoms. The zero-order valence-corrected chi connectivity index (χ0v) is 12.5. The lowest BCUT2D eigenvalue weighted by Crippen LogP contribution is -2.24. The first-order chi connectivity index (χ1) is 10.6. The molecule has 0 aliphatic carbocycles. The van der Waals surface area contributed by atoms with Crippen molar-refractivity contribution in [1.82, 2.24) is 0 Å². The van der Waals surface area contributed by atoms with Crippen molar-refractivity contribution in [2.75, 3.05) is 6.61 Å². The number of hydrogen-bond donors (Lipinski definition) is 1. The SMILES string of the molecule is CCC[C@H](F)[C@@H](F)COc1ccc(-c2ccc(O)cc2)cc1. The number of halogens is 2. The summed E-state index contributed by atoms with van der Waals surface area (Å²) in [6.07, 6.45) is -2.24. The minimum absolute atomic E-state index is 0.213. The molecule has 2 aromatic rings. The molecule has 0 heterocycles. The van der Waals surface area contributed by atoms with Crippen molar-refractivity contribution < 1.29 is 18.6 Å². The monoisotopic (exact) mass is 306 g/mol. The predicted molar refractivity (Wildman–Crippen MR) is 83.7 cm³/mol. The second-order valence-electron chi connectivity index (χ2n) is 5.20. The number of rotatable bonds is 7. The minimum Gasteiger partial charge on any atom is -0.508 e. The van der Waals surface area contributed by atoms with Crippen molar-refractivity contribution >= 4 is 0 Å². The lowest BCUT2D eigenvalue weighted by atomic mass is 10.1. The highest BCUT2D eigenvalue weighted by Gasteiger charge is 2.20. The molecular weight excluding hydrogens is 286 g/mol. The highest BCUT2D eigenvalue weighted by atomic mass is 19.2. The first-order valence-electron chi connectivity index (χ1n) is 7.40. The van der Waals surface area contributed by atoms with Crippen LogP contribution in [0.5, 0.6) is 11.5 Å². The second kappa shape index (κ2) is 7.78. The first kappa shape index (κ1) is 16.3. The van der Waals surface area contributed by atoms with Crippen LogP contribution in [-0.2, 0) is 0 Å². The van der Waals surface area contributed by atoms with Gasteiger partial charge < -0.3 is 9.84 Å². The van der Waals surface area contributed by atoms with Gasteiger partial charge in [-0.3, -0.25) is 0 Å². The molecule has 0 aromatic heterocycles. The number of phenolic OH excluding ortho intramolecular Hbond substituents is 1. The van der Waals surface area contributed by atoms with Crippen LogP contribution >= 0.6 is 0 Å². The molecule has 1 N–H and O–H groups in total. The van der Waals surface area contributed by atoms with Gasteiger partial charge in [0, 0.05) is 0 Å². The Morgan fingerprint density at radius 1 is 0.909 bits per heavy atom. The molecule has 0 saturated heterocycles. The Morgan fingerprint density at radius 3 is 2.00 bits per heavy atom. The summed E-state index contributed by atoms with van der Waals surface area (Å²) in [4.78, 5) is 0. The molecule has 22 heavy (non-hydrogen) atoms. The van der Waals surface area contributed by atoms with Crippen molar-refractivity contribution in [2.45, 2.75) is 32.1 Å². The molecule has 0 saturated carbocycles. The maximum Gasteiger partial charge on any atom is 0.165 e. The third-order valence-corrected chi connectivity index (χ3v) is 3.42. The van der Waals surface area contributed by atoms with E-state index >= 15 is 0 Å². The van der Waals surface area contributed by atoms with E-state index in [9.17, 15) is 13.9 Å². The van der Waals surface area contributed by atoms with Gasteiger partial charge in [0.05, 0.1) is 0 Å². The van der Waals surface area contributed by atoms with E-state index in [0.29, 0.717) is 12.2 Å². The summed E-state index contributed by atoms with van der Waals surface area (Å²) in [5.41, 5.74) is 1.91. The van der Waals surface area contributed by atoms with Crippen molar-refractivity contribution in [3.8, 4) is 22.6 Å². The van der Waals surface area contributed by atoms with Gasteiger partial charge in [-0.2, -0.15) is 0 Å². The van der Waals surface area contributed by atoms with Gasteiger partial charge in [0.2, 0.25) is 0 Å². The highest BCUT2D eigenvalue weighted by molar-refractivity contribution is 5.64. The third-order valence-electron chi connectivity index (χ3n) is 3.42. The van der Waals surface area contributed by atoms with Crippen LogP contribution in [0, 0.1) is 0 Å². The molecule has 4 heteroatoms. The summed E-state index contributed by atoms with van der Waals surface area (Å²) in [5.74, 6) is 0.722. The van der Waals surface area contributed by atoms with E-state index in [0.717, 1.165) is 11.1 Å². The molecule has 0 radical (unpaired) electrons. The van der Waals surface area contributed by atoms with Gasteiger partial charge in [0.25, 0.3) is 0 Å². The topological polar surface area (TPSA) is 29.5 Å². The maximum atomic E-state index is 13.5. The molecule has 0 amide bonds. The summed E-state index contributed by atoms with van der Waals surface area (Å²) in [5, 5.41) is 9.27. The van der Waals surface area contributed by atoms with Crippen LogP contribution in [0.2, 0.25) is 0 Å². The predicted octanol–water partition coefficient (Wildman–Crippen LogP) is 4.91. The molecule has 0 bridgehead atoms. The Balaban J connectivity index is 1.93. The van der Waals surface area contributed by atoms with Crippen molar-refractivity contribution in [3.63, 3.8) is 0 Å². The summed E-state index contributed by atoms with van der Waals surface area (Å²) in [6.45, 7) is 1.54. The molecular formula is C18H20F2O2. The maximum absolute atomic E-state index is 13.5. The molecule has 2 nitrogen and oxygen atoms in total.